The average Bonchev–Trinajstić information content (AvgIpc) is 3.47. The van der Waals surface area contributed by atoms with E-state index in [0.717, 1.165) is 12.1 Å². The zero-order valence-corrected chi connectivity index (χ0v) is 16.1. The lowest BCUT2D eigenvalue weighted by molar-refractivity contribution is -0.137. The molecule has 2 aliphatic heterocycles. The fourth-order valence-electron chi connectivity index (χ4n) is 3.66. The van der Waals surface area contributed by atoms with Crippen LogP contribution in [0.1, 0.15) is 29.4 Å². The van der Waals surface area contributed by atoms with Crippen LogP contribution < -0.4 is 9.47 Å². The minimum Gasteiger partial charge on any atom is -0.454 e. The first-order valence-electron chi connectivity index (χ1n) is 9.54. The third-order valence-electron chi connectivity index (χ3n) is 5.29. The maximum Gasteiger partial charge on any atom is 0.416 e. The third kappa shape index (κ3) is 3.80. The normalized spacial score (nSPS) is 18.1. The molecular formula is C21H16F3N3O4. The minimum absolute atomic E-state index is 0.118. The number of aromatic nitrogens is 2. The van der Waals surface area contributed by atoms with Crippen molar-refractivity contribution in [3.05, 3.63) is 59.5 Å². The maximum atomic E-state index is 12.7. The van der Waals surface area contributed by atoms with Crippen molar-refractivity contribution in [2.45, 2.75) is 25.1 Å². The number of rotatable bonds is 4. The van der Waals surface area contributed by atoms with E-state index >= 15 is 0 Å². The van der Waals surface area contributed by atoms with Crippen LogP contribution in [0.15, 0.2) is 47.0 Å². The SMILES string of the molecule is O=C1CC(c2nc(-c3ccc4c(c3)OCO4)no2)CN1Cc1ccc(C(F)(F)F)cc1. The highest BCUT2D eigenvalue weighted by Gasteiger charge is 2.35. The number of likely N-dealkylation sites (tertiary alicyclic amines) is 1. The molecule has 0 N–H and O–H groups in total. The van der Waals surface area contributed by atoms with Crippen LogP contribution in [0.4, 0.5) is 13.2 Å². The Morgan fingerprint density at radius 3 is 2.61 bits per heavy atom. The van der Waals surface area contributed by atoms with Crippen molar-refractivity contribution in [3.63, 3.8) is 0 Å². The molecule has 10 heteroatoms. The monoisotopic (exact) mass is 431 g/mol. The minimum atomic E-state index is -4.39. The maximum absolute atomic E-state index is 12.7. The molecule has 2 aromatic carbocycles. The van der Waals surface area contributed by atoms with Gasteiger partial charge in [-0.15, -0.1) is 0 Å². The van der Waals surface area contributed by atoms with Gasteiger partial charge in [0.2, 0.25) is 24.4 Å². The van der Waals surface area contributed by atoms with E-state index in [4.69, 9.17) is 14.0 Å². The Kier molecular flexibility index (Phi) is 4.57. The number of hydrogen-bond donors (Lipinski definition) is 0. The molecule has 0 aliphatic carbocycles. The van der Waals surface area contributed by atoms with Crippen molar-refractivity contribution < 1.29 is 32.0 Å². The Bertz CT molecular complexity index is 1130. The lowest BCUT2D eigenvalue weighted by Crippen LogP contribution is -2.24. The molecule has 3 aromatic rings. The number of ether oxygens (including phenoxy) is 2. The highest BCUT2D eigenvalue weighted by molar-refractivity contribution is 5.79. The number of benzene rings is 2. The van der Waals surface area contributed by atoms with Crippen molar-refractivity contribution in [2.75, 3.05) is 13.3 Å². The molecule has 1 amide bonds. The second-order valence-electron chi connectivity index (χ2n) is 7.39. The molecule has 2 aliphatic rings. The standard InChI is InChI=1S/C21H16F3N3O4/c22-21(23,24)15-4-1-12(2-5-15)9-27-10-14(8-18(27)28)20-25-19(26-31-20)13-3-6-16-17(7-13)30-11-29-16/h1-7,14H,8-11H2. The molecule has 0 bridgehead atoms. The number of carbonyl (C=O) groups excluding carboxylic acids is 1. The Morgan fingerprint density at radius 2 is 1.84 bits per heavy atom. The van der Waals surface area contributed by atoms with Gasteiger partial charge in [0.1, 0.15) is 0 Å². The highest BCUT2D eigenvalue weighted by Crippen LogP contribution is 2.36. The van der Waals surface area contributed by atoms with E-state index in [1.54, 1.807) is 23.1 Å². The van der Waals surface area contributed by atoms with Crippen LogP contribution in [-0.4, -0.2) is 34.3 Å². The predicted molar refractivity (Wildman–Crippen MR) is 100 cm³/mol. The summed E-state index contributed by atoms with van der Waals surface area (Å²) in [5.41, 5.74) is 0.600. The lowest BCUT2D eigenvalue weighted by Gasteiger charge is -2.16. The largest absolute Gasteiger partial charge is 0.454 e. The van der Waals surface area contributed by atoms with Crippen LogP contribution in [-0.2, 0) is 17.5 Å². The van der Waals surface area contributed by atoms with E-state index in [-0.39, 0.29) is 31.6 Å². The Labute approximate surface area is 174 Å². The summed E-state index contributed by atoms with van der Waals surface area (Å²) in [5.74, 6) is 1.57. The summed E-state index contributed by atoms with van der Waals surface area (Å²) in [7, 11) is 0. The molecule has 160 valence electrons. The molecule has 7 nitrogen and oxygen atoms in total. The zero-order chi connectivity index (χ0) is 21.6. The topological polar surface area (TPSA) is 77.7 Å². The molecule has 0 spiro atoms. The second kappa shape index (κ2) is 7.29. The molecule has 1 fully saturated rings. The van der Waals surface area contributed by atoms with Gasteiger partial charge >= 0.3 is 6.18 Å². The molecule has 1 atom stereocenters. The third-order valence-corrected chi connectivity index (χ3v) is 5.29. The van der Waals surface area contributed by atoms with Gasteiger partial charge in [-0.3, -0.25) is 4.79 Å². The van der Waals surface area contributed by atoms with Gasteiger partial charge in [0, 0.05) is 25.1 Å². The number of carbonyl (C=O) groups is 1. The molecule has 1 aromatic heterocycles. The van der Waals surface area contributed by atoms with E-state index in [1.807, 2.05) is 0 Å². The smallest absolute Gasteiger partial charge is 0.416 e. The van der Waals surface area contributed by atoms with Crippen LogP contribution in [0.5, 0.6) is 11.5 Å². The van der Waals surface area contributed by atoms with Crippen molar-refractivity contribution in [1.82, 2.24) is 15.0 Å². The van der Waals surface area contributed by atoms with Crippen molar-refractivity contribution in [3.8, 4) is 22.9 Å². The van der Waals surface area contributed by atoms with E-state index in [9.17, 15) is 18.0 Å². The van der Waals surface area contributed by atoms with Crippen molar-refractivity contribution in [1.29, 1.82) is 0 Å². The van der Waals surface area contributed by atoms with Crippen LogP contribution in [0, 0.1) is 0 Å². The molecule has 3 heterocycles. The Hall–Kier alpha value is -3.56. The lowest BCUT2D eigenvalue weighted by atomic mass is 10.1. The van der Waals surface area contributed by atoms with Gasteiger partial charge < -0.3 is 18.9 Å². The van der Waals surface area contributed by atoms with Gasteiger partial charge in [-0.2, -0.15) is 18.2 Å². The first-order valence-corrected chi connectivity index (χ1v) is 9.54. The van der Waals surface area contributed by atoms with Gasteiger partial charge in [0.05, 0.1) is 11.5 Å². The van der Waals surface area contributed by atoms with Crippen LogP contribution in [0.2, 0.25) is 0 Å². The average molecular weight is 431 g/mol. The second-order valence-corrected chi connectivity index (χ2v) is 7.39. The van der Waals surface area contributed by atoms with Gasteiger partial charge in [-0.25, -0.2) is 0 Å². The fraction of sp³-hybridized carbons (Fsp3) is 0.286. The first kappa shape index (κ1) is 19.4. The van der Waals surface area contributed by atoms with Crippen molar-refractivity contribution in [2.24, 2.45) is 0 Å². The quantitative estimate of drug-likeness (QED) is 0.622. The van der Waals surface area contributed by atoms with E-state index in [0.29, 0.717) is 40.9 Å². The molecule has 0 radical (unpaired) electrons. The van der Waals surface area contributed by atoms with Crippen molar-refractivity contribution >= 4 is 5.91 Å². The number of halogens is 3. The summed E-state index contributed by atoms with van der Waals surface area (Å²) in [5, 5.41) is 4.00. The van der Waals surface area contributed by atoms with Crippen LogP contribution >= 0.6 is 0 Å². The summed E-state index contributed by atoms with van der Waals surface area (Å²) >= 11 is 0. The number of amides is 1. The first-order chi connectivity index (χ1) is 14.9. The molecule has 0 saturated carbocycles. The van der Waals surface area contributed by atoms with Gasteiger partial charge in [0.25, 0.3) is 0 Å². The molecule has 5 rings (SSSR count). The molecule has 31 heavy (non-hydrogen) atoms. The zero-order valence-electron chi connectivity index (χ0n) is 16.1. The number of alkyl halides is 3. The summed E-state index contributed by atoms with van der Waals surface area (Å²) in [6.07, 6.45) is -4.19. The van der Waals surface area contributed by atoms with Gasteiger partial charge in [0.15, 0.2) is 11.5 Å². The van der Waals surface area contributed by atoms with E-state index < -0.39 is 11.7 Å². The molecule has 1 unspecified atom stereocenters. The Balaban J connectivity index is 1.27. The predicted octanol–water partition coefficient (Wildman–Crippen LogP) is 4.00. The summed E-state index contributed by atoms with van der Waals surface area (Å²) in [6.45, 7) is 0.731. The Morgan fingerprint density at radius 1 is 1.06 bits per heavy atom. The summed E-state index contributed by atoms with van der Waals surface area (Å²) < 4.78 is 54.2. The van der Waals surface area contributed by atoms with Gasteiger partial charge in [-0.1, -0.05) is 17.3 Å². The van der Waals surface area contributed by atoms with E-state index in [1.165, 1.54) is 12.1 Å². The van der Waals surface area contributed by atoms with Crippen LogP contribution in [0.25, 0.3) is 11.4 Å². The molecular weight excluding hydrogens is 415 g/mol. The summed E-state index contributed by atoms with van der Waals surface area (Å²) in [4.78, 5) is 18.4. The molecule has 1 saturated heterocycles. The van der Waals surface area contributed by atoms with Gasteiger partial charge in [-0.05, 0) is 35.9 Å². The number of nitrogens with zero attached hydrogens (tertiary/aromatic N) is 3. The van der Waals surface area contributed by atoms with Crippen LogP contribution in [0.3, 0.4) is 0 Å². The number of hydrogen-bond acceptors (Lipinski definition) is 6. The summed E-state index contributed by atoms with van der Waals surface area (Å²) in [6, 6.07) is 10.1. The number of fused-ring (bicyclic) bond motifs is 1. The fourth-order valence-corrected chi connectivity index (χ4v) is 3.66. The van der Waals surface area contributed by atoms with E-state index in [2.05, 4.69) is 10.1 Å². The highest BCUT2D eigenvalue weighted by atomic mass is 19.4.